The quantitative estimate of drug-likeness (QED) is 0.805. The monoisotopic (exact) mass is 383 g/mol. The number of amides is 2. The van der Waals surface area contributed by atoms with E-state index in [2.05, 4.69) is 20.4 Å². The first-order valence-electron chi connectivity index (χ1n) is 9.32. The molecule has 2 heterocycles. The molecule has 0 radical (unpaired) electrons. The minimum absolute atomic E-state index is 0.0895. The molecule has 1 aromatic carbocycles. The highest BCUT2D eigenvalue weighted by Gasteiger charge is 2.20. The van der Waals surface area contributed by atoms with Gasteiger partial charge in [-0.2, -0.15) is 0 Å². The second-order valence-electron chi connectivity index (χ2n) is 6.63. The molecule has 0 saturated carbocycles. The highest BCUT2D eigenvalue weighted by Crippen LogP contribution is 2.14. The third-order valence-corrected chi connectivity index (χ3v) is 4.77. The summed E-state index contributed by atoms with van der Waals surface area (Å²) in [6, 6.07) is 11.2. The van der Waals surface area contributed by atoms with Crippen molar-refractivity contribution in [1.29, 1.82) is 0 Å². The van der Waals surface area contributed by atoms with Crippen molar-refractivity contribution >= 4 is 17.6 Å². The van der Waals surface area contributed by atoms with E-state index in [1.54, 1.807) is 26.2 Å². The first-order valence-corrected chi connectivity index (χ1v) is 9.32. The SMILES string of the molecule is COc1cccc(CCNC(=O)c2ccc(N3CCN(C(C)=O)CC3)nn2)c1. The Balaban J connectivity index is 1.49. The average Bonchev–Trinajstić information content (AvgIpc) is 2.74. The van der Waals surface area contributed by atoms with E-state index in [0.717, 1.165) is 17.1 Å². The van der Waals surface area contributed by atoms with Crippen LogP contribution in [-0.2, 0) is 11.2 Å². The maximum absolute atomic E-state index is 12.3. The van der Waals surface area contributed by atoms with Crippen LogP contribution in [0.15, 0.2) is 36.4 Å². The van der Waals surface area contributed by atoms with E-state index in [1.165, 1.54) is 0 Å². The number of hydrogen-bond donors (Lipinski definition) is 1. The summed E-state index contributed by atoms with van der Waals surface area (Å²) in [5.74, 6) is 1.36. The van der Waals surface area contributed by atoms with Gasteiger partial charge in [0.2, 0.25) is 5.91 Å². The summed E-state index contributed by atoms with van der Waals surface area (Å²) in [6.07, 6.45) is 0.703. The van der Waals surface area contributed by atoms with Crippen LogP contribution in [0.25, 0.3) is 0 Å². The van der Waals surface area contributed by atoms with Gasteiger partial charge in [-0.25, -0.2) is 0 Å². The number of piperazine rings is 1. The van der Waals surface area contributed by atoms with Crippen LogP contribution in [0, 0.1) is 0 Å². The molecule has 0 spiro atoms. The van der Waals surface area contributed by atoms with Gasteiger partial charge in [-0.05, 0) is 36.2 Å². The number of nitrogens with zero attached hydrogens (tertiary/aromatic N) is 4. The van der Waals surface area contributed by atoms with Crippen molar-refractivity contribution in [3.63, 3.8) is 0 Å². The van der Waals surface area contributed by atoms with Crippen molar-refractivity contribution in [3.05, 3.63) is 47.7 Å². The summed E-state index contributed by atoms with van der Waals surface area (Å²) >= 11 is 0. The number of ether oxygens (including phenoxy) is 1. The van der Waals surface area contributed by atoms with Gasteiger partial charge < -0.3 is 19.9 Å². The molecule has 8 heteroatoms. The Morgan fingerprint density at radius 3 is 2.54 bits per heavy atom. The largest absolute Gasteiger partial charge is 0.497 e. The zero-order valence-corrected chi connectivity index (χ0v) is 16.2. The van der Waals surface area contributed by atoms with E-state index in [-0.39, 0.29) is 17.5 Å². The molecule has 1 saturated heterocycles. The summed E-state index contributed by atoms with van der Waals surface area (Å²) in [5.41, 5.74) is 1.38. The number of hydrogen-bond acceptors (Lipinski definition) is 6. The van der Waals surface area contributed by atoms with Crippen LogP contribution in [0.2, 0.25) is 0 Å². The molecule has 28 heavy (non-hydrogen) atoms. The van der Waals surface area contributed by atoms with Gasteiger partial charge in [0.15, 0.2) is 11.5 Å². The van der Waals surface area contributed by atoms with Gasteiger partial charge in [0.1, 0.15) is 5.75 Å². The second-order valence-corrected chi connectivity index (χ2v) is 6.63. The molecule has 2 amide bonds. The fourth-order valence-electron chi connectivity index (χ4n) is 3.10. The number of rotatable bonds is 6. The highest BCUT2D eigenvalue weighted by molar-refractivity contribution is 5.92. The number of benzene rings is 1. The lowest BCUT2D eigenvalue weighted by atomic mass is 10.1. The van der Waals surface area contributed by atoms with Gasteiger partial charge in [0, 0.05) is 39.6 Å². The molecule has 1 aliphatic rings. The predicted molar refractivity (Wildman–Crippen MR) is 106 cm³/mol. The van der Waals surface area contributed by atoms with E-state index in [4.69, 9.17) is 4.74 Å². The van der Waals surface area contributed by atoms with E-state index in [0.29, 0.717) is 39.1 Å². The van der Waals surface area contributed by atoms with Gasteiger partial charge in [-0.1, -0.05) is 12.1 Å². The normalized spacial score (nSPS) is 13.9. The number of nitrogens with one attached hydrogen (secondary N) is 1. The maximum Gasteiger partial charge on any atom is 0.271 e. The molecule has 0 bridgehead atoms. The van der Waals surface area contributed by atoms with Crippen LogP contribution in [0.5, 0.6) is 5.75 Å². The average molecular weight is 383 g/mol. The molecule has 8 nitrogen and oxygen atoms in total. The Morgan fingerprint density at radius 1 is 1.11 bits per heavy atom. The molecule has 1 fully saturated rings. The summed E-state index contributed by atoms with van der Waals surface area (Å²) in [5, 5.41) is 11.1. The zero-order chi connectivity index (χ0) is 19.9. The van der Waals surface area contributed by atoms with Crippen LogP contribution in [0.3, 0.4) is 0 Å². The number of anilines is 1. The number of carbonyl (C=O) groups excluding carboxylic acids is 2. The third-order valence-electron chi connectivity index (χ3n) is 4.77. The van der Waals surface area contributed by atoms with Crippen molar-refractivity contribution in [2.75, 3.05) is 44.7 Å². The van der Waals surface area contributed by atoms with Gasteiger partial charge in [0.05, 0.1) is 7.11 Å². The smallest absolute Gasteiger partial charge is 0.271 e. The molecule has 0 aliphatic carbocycles. The first-order chi connectivity index (χ1) is 13.6. The zero-order valence-electron chi connectivity index (χ0n) is 16.2. The molecular weight excluding hydrogens is 358 g/mol. The summed E-state index contributed by atoms with van der Waals surface area (Å²) in [7, 11) is 1.63. The Labute approximate surface area is 164 Å². The Kier molecular flexibility index (Phi) is 6.41. The summed E-state index contributed by atoms with van der Waals surface area (Å²) in [6.45, 7) is 4.84. The van der Waals surface area contributed by atoms with Crippen molar-refractivity contribution < 1.29 is 14.3 Å². The molecule has 3 rings (SSSR count). The molecule has 148 valence electrons. The van der Waals surface area contributed by atoms with E-state index in [9.17, 15) is 9.59 Å². The van der Waals surface area contributed by atoms with Crippen molar-refractivity contribution in [2.24, 2.45) is 0 Å². The second kappa shape index (κ2) is 9.16. The lowest BCUT2D eigenvalue weighted by Crippen LogP contribution is -2.48. The summed E-state index contributed by atoms with van der Waals surface area (Å²) < 4.78 is 5.20. The molecule has 1 N–H and O–H groups in total. The predicted octanol–water partition coefficient (Wildman–Crippen LogP) is 1.13. The minimum Gasteiger partial charge on any atom is -0.497 e. The van der Waals surface area contributed by atoms with Gasteiger partial charge in [-0.3, -0.25) is 9.59 Å². The molecule has 1 aliphatic heterocycles. The molecule has 2 aromatic rings. The molecule has 0 unspecified atom stereocenters. The molecule has 1 aromatic heterocycles. The standard InChI is InChI=1S/C20H25N5O3/c1-15(26)24-10-12-25(13-11-24)19-7-6-18(22-23-19)20(27)21-9-8-16-4-3-5-17(14-16)28-2/h3-7,14H,8-13H2,1-2H3,(H,21,27). The Morgan fingerprint density at radius 2 is 1.89 bits per heavy atom. The third kappa shape index (κ3) is 4.97. The van der Waals surface area contributed by atoms with Crippen LogP contribution >= 0.6 is 0 Å². The number of methoxy groups -OCH3 is 1. The van der Waals surface area contributed by atoms with Gasteiger partial charge in [-0.15, -0.1) is 10.2 Å². The fraction of sp³-hybridized carbons (Fsp3) is 0.400. The van der Waals surface area contributed by atoms with Crippen LogP contribution < -0.4 is 15.0 Å². The molecular formula is C20H25N5O3. The highest BCUT2D eigenvalue weighted by atomic mass is 16.5. The van der Waals surface area contributed by atoms with E-state index >= 15 is 0 Å². The lowest BCUT2D eigenvalue weighted by Gasteiger charge is -2.34. The minimum atomic E-state index is -0.247. The number of aromatic nitrogens is 2. The van der Waals surface area contributed by atoms with Crippen molar-refractivity contribution in [1.82, 2.24) is 20.4 Å². The van der Waals surface area contributed by atoms with E-state index in [1.807, 2.05) is 29.2 Å². The first kappa shape index (κ1) is 19.6. The van der Waals surface area contributed by atoms with Crippen LogP contribution in [-0.4, -0.2) is 66.7 Å². The Bertz CT molecular complexity index is 817. The van der Waals surface area contributed by atoms with Crippen LogP contribution in [0.4, 0.5) is 5.82 Å². The maximum atomic E-state index is 12.3. The van der Waals surface area contributed by atoms with Gasteiger partial charge >= 0.3 is 0 Å². The van der Waals surface area contributed by atoms with Crippen LogP contribution in [0.1, 0.15) is 23.0 Å². The Hall–Kier alpha value is -3.16. The fourth-order valence-corrected chi connectivity index (χ4v) is 3.10. The van der Waals surface area contributed by atoms with E-state index < -0.39 is 0 Å². The number of carbonyl (C=O) groups is 2. The summed E-state index contributed by atoms with van der Waals surface area (Å²) in [4.78, 5) is 27.5. The molecule has 0 atom stereocenters. The lowest BCUT2D eigenvalue weighted by molar-refractivity contribution is -0.129. The van der Waals surface area contributed by atoms with Gasteiger partial charge in [0.25, 0.3) is 5.91 Å². The van der Waals surface area contributed by atoms with Crippen molar-refractivity contribution in [3.8, 4) is 5.75 Å². The topological polar surface area (TPSA) is 87.7 Å². The van der Waals surface area contributed by atoms with Crippen molar-refractivity contribution in [2.45, 2.75) is 13.3 Å².